The van der Waals surface area contributed by atoms with Crippen LogP contribution in [0, 0.1) is 12.7 Å². The van der Waals surface area contributed by atoms with Gasteiger partial charge in [-0.25, -0.2) is 14.2 Å². The van der Waals surface area contributed by atoms with Gasteiger partial charge >= 0.3 is 6.03 Å². The lowest BCUT2D eigenvalue weighted by molar-refractivity contribution is 0.208. The van der Waals surface area contributed by atoms with Crippen LogP contribution in [0.25, 0.3) is 0 Å². The zero-order chi connectivity index (χ0) is 20.2. The molecule has 0 bridgehead atoms. The summed E-state index contributed by atoms with van der Waals surface area (Å²) >= 11 is 0. The molecule has 0 radical (unpaired) electrons. The van der Waals surface area contributed by atoms with Gasteiger partial charge in [0.2, 0.25) is 5.95 Å². The van der Waals surface area contributed by atoms with Crippen molar-refractivity contribution < 1.29 is 9.18 Å². The third-order valence-corrected chi connectivity index (χ3v) is 5.45. The highest BCUT2D eigenvalue weighted by molar-refractivity contribution is 5.89. The van der Waals surface area contributed by atoms with Gasteiger partial charge < -0.3 is 20.0 Å². The Kier molecular flexibility index (Phi) is 5.78. The van der Waals surface area contributed by atoms with E-state index in [9.17, 15) is 9.18 Å². The molecule has 7 nitrogen and oxygen atoms in total. The molecule has 0 aliphatic carbocycles. The summed E-state index contributed by atoms with van der Waals surface area (Å²) in [5.41, 5.74) is 1.55. The smallest absolute Gasteiger partial charge is 0.321 e. The number of aryl methyl sites for hydroxylation is 1. The number of carbonyl (C=O) groups excluding carboxylic acids is 1. The van der Waals surface area contributed by atoms with E-state index in [1.807, 2.05) is 6.92 Å². The molecule has 0 atom stereocenters. The van der Waals surface area contributed by atoms with E-state index in [0.717, 1.165) is 30.5 Å². The number of urea groups is 1. The molecular formula is C21H27FN6O. The van der Waals surface area contributed by atoms with E-state index < -0.39 is 0 Å². The maximum absolute atomic E-state index is 13.0. The van der Waals surface area contributed by atoms with Gasteiger partial charge in [0.25, 0.3) is 0 Å². The van der Waals surface area contributed by atoms with Crippen molar-refractivity contribution in [1.82, 2.24) is 14.9 Å². The minimum atomic E-state index is -0.321. The number of nitrogens with one attached hydrogen (secondary N) is 1. The van der Waals surface area contributed by atoms with Crippen molar-refractivity contribution in [3.8, 4) is 0 Å². The predicted octanol–water partition coefficient (Wildman–Crippen LogP) is 3.27. The van der Waals surface area contributed by atoms with Gasteiger partial charge in [0.15, 0.2) is 0 Å². The first kappa shape index (κ1) is 19.4. The summed E-state index contributed by atoms with van der Waals surface area (Å²) in [5.74, 6) is 1.42. The van der Waals surface area contributed by atoms with Crippen molar-refractivity contribution in [3.63, 3.8) is 0 Å². The molecule has 2 saturated heterocycles. The molecule has 2 amide bonds. The maximum Gasteiger partial charge on any atom is 0.321 e. The van der Waals surface area contributed by atoms with Crippen LogP contribution in [-0.4, -0.2) is 60.2 Å². The van der Waals surface area contributed by atoms with Crippen LogP contribution < -0.4 is 15.1 Å². The number of hydrogen-bond donors (Lipinski definition) is 1. The number of nitrogens with zero attached hydrogens (tertiary/aromatic N) is 5. The SMILES string of the molecule is Cc1cc(N2CCCCC2)nc(N2CCN(C(=O)Nc3ccc(F)cc3)CC2)n1. The Morgan fingerprint density at radius 2 is 1.62 bits per heavy atom. The molecule has 2 aromatic rings. The first-order chi connectivity index (χ1) is 14.1. The van der Waals surface area contributed by atoms with E-state index in [2.05, 4.69) is 26.2 Å². The highest BCUT2D eigenvalue weighted by Gasteiger charge is 2.24. The van der Waals surface area contributed by atoms with Crippen LogP contribution in [0.3, 0.4) is 0 Å². The van der Waals surface area contributed by atoms with Crippen LogP contribution in [0.5, 0.6) is 0 Å². The molecule has 8 heteroatoms. The third kappa shape index (κ3) is 4.75. The summed E-state index contributed by atoms with van der Waals surface area (Å²) in [5, 5.41) is 2.82. The van der Waals surface area contributed by atoms with Gasteiger partial charge in [0.1, 0.15) is 11.6 Å². The molecular weight excluding hydrogens is 371 g/mol. The summed E-state index contributed by atoms with van der Waals surface area (Å²) < 4.78 is 13.0. The third-order valence-electron chi connectivity index (χ3n) is 5.45. The molecule has 2 aliphatic heterocycles. The van der Waals surface area contributed by atoms with Crippen molar-refractivity contribution in [3.05, 3.63) is 41.8 Å². The quantitative estimate of drug-likeness (QED) is 0.860. The molecule has 0 saturated carbocycles. The average Bonchev–Trinajstić information content (AvgIpc) is 2.75. The van der Waals surface area contributed by atoms with Crippen LogP contribution in [0.2, 0.25) is 0 Å². The first-order valence-electron chi connectivity index (χ1n) is 10.3. The second kappa shape index (κ2) is 8.63. The molecule has 154 valence electrons. The fourth-order valence-corrected chi connectivity index (χ4v) is 3.81. The molecule has 29 heavy (non-hydrogen) atoms. The fourth-order valence-electron chi connectivity index (χ4n) is 3.81. The number of aromatic nitrogens is 2. The van der Waals surface area contributed by atoms with Crippen molar-refractivity contribution >= 4 is 23.5 Å². The summed E-state index contributed by atoms with van der Waals surface area (Å²) in [7, 11) is 0. The molecule has 2 fully saturated rings. The largest absolute Gasteiger partial charge is 0.356 e. The molecule has 1 aromatic carbocycles. The van der Waals surface area contributed by atoms with Gasteiger partial charge in [-0.15, -0.1) is 0 Å². The second-order valence-corrected chi connectivity index (χ2v) is 7.63. The normalized spacial score (nSPS) is 17.4. The Hall–Kier alpha value is -2.90. The number of benzene rings is 1. The number of hydrogen-bond acceptors (Lipinski definition) is 5. The zero-order valence-electron chi connectivity index (χ0n) is 16.8. The van der Waals surface area contributed by atoms with Crippen LogP contribution in [0.15, 0.2) is 30.3 Å². The number of rotatable bonds is 3. The van der Waals surface area contributed by atoms with E-state index in [-0.39, 0.29) is 11.8 Å². The molecule has 0 unspecified atom stereocenters. The van der Waals surface area contributed by atoms with Crippen LogP contribution in [0.1, 0.15) is 25.0 Å². The number of halogens is 1. The number of anilines is 3. The molecule has 3 heterocycles. The summed E-state index contributed by atoms with van der Waals surface area (Å²) in [6, 6.07) is 7.68. The Morgan fingerprint density at radius 3 is 2.31 bits per heavy atom. The Bertz CT molecular complexity index is 845. The fraction of sp³-hybridized carbons (Fsp3) is 0.476. The summed E-state index contributed by atoms with van der Waals surface area (Å²) in [4.78, 5) is 28.2. The van der Waals surface area contributed by atoms with Gasteiger partial charge in [-0.05, 0) is 50.5 Å². The van der Waals surface area contributed by atoms with E-state index >= 15 is 0 Å². The van der Waals surface area contributed by atoms with E-state index in [0.29, 0.717) is 31.9 Å². The number of piperazine rings is 1. The minimum absolute atomic E-state index is 0.171. The minimum Gasteiger partial charge on any atom is -0.356 e. The molecule has 0 spiro atoms. The molecule has 1 aromatic heterocycles. The first-order valence-corrected chi connectivity index (χ1v) is 10.3. The Labute approximate surface area is 170 Å². The summed E-state index contributed by atoms with van der Waals surface area (Å²) in [6.45, 7) is 6.64. The predicted molar refractivity (Wildman–Crippen MR) is 112 cm³/mol. The average molecular weight is 398 g/mol. The van der Waals surface area contributed by atoms with Gasteiger partial charge in [-0.3, -0.25) is 0 Å². The van der Waals surface area contributed by atoms with E-state index in [4.69, 9.17) is 4.98 Å². The molecule has 4 rings (SSSR count). The lowest BCUT2D eigenvalue weighted by atomic mass is 10.1. The topological polar surface area (TPSA) is 64.6 Å². The highest BCUT2D eigenvalue weighted by Crippen LogP contribution is 2.22. The van der Waals surface area contributed by atoms with Crippen molar-refractivity contribution in [2.75, 3.05) is 54.4 Å². The number of amides is 2. The van der Waals surface area contributed by atoms with E-state index in [1.54, 1.807) is 17.0 Å². The van der Waals surface area contributed by atoms with Gasteiger partial charge in [-0.1, -0.05) is 0 Å². The van der Waals surface area contributed by atoms with Gasteiger partial charge in [0.05, 0.1) is 0 Å². The molecule has 1 N–H and O–H groups in total. The lowest BCUT2D eigenvalue weighted by Crippen LogP contribution is -2.50. The number of carbonyl (C=O) groups is 1. The standard InChI is InChI=1S/C21H27FN6O/c1-16-15-19(26-9-3-2-4-10-26)25-20(23-16)27-11-13-28(14-12-27)21(29)24-18-7-5-17(22)6-8-18/h5-8,15H,2-4,9-14H2,1H3,(H,24,29). The number of piperidine rings is 1. The maximum atomic E-state index is 13.0. The van der Waals surface area contributed by atoms with Crippen LogP contribution in [0.4, 0.5) is 26.6 Å². The Balaban J connectivity index is 1.37. The Morgan fingerprint density at radius 1 is 0.931 bits per heavy atom. The lowest BCUT2D eigenvalue weighted by Gasteiger charge is -2.35. The second-order valence-electron chi connectivity index (χ2n) is 7.63. The van der Waals surface area contributed by atoms with Gasteiger partial charge in [0, 0.05) is 56.7 Å². The van der Waals surface area contributed by atoms with Crippen LogP contribution >= 0.6 is 0 Å². The monoisotopic (exact) mass is 398 g/mol. The van der Waals surface area contributed by atoms with Crippen molar-refractivity contribution in [2.45, 2.75) is 26.2 Å². The van der Waals surface area contributed by atoms with E-state index in [1.165, 1.54) is 31.4 Å². The molecule has 2 aliphatic rings. The highest BCUT2D eigenvalue weighted by atomic mass is 19.1. The van der Waals surface area contributed by atoms with Crippen LogP contribution in [-0.2, 0) is 0 Å². The summed E-state index contributed by atoms with van der Waals surface area (Å²) in [6.07, 6.45) is 3.70. The zero-order valence-corrected chi connectivity index (χ0v) is 16.8. The van der Waals surface area contributed by atoms with Gasteiger partial charge in [-0.2, -0.15) is 4.98 Å². The van der Waals surface area contributed by atoms with Crippen molar-refractivity contribution in [2.24, 2.45) is 0 Å². The van der Waals surface area contributed by atoms with Crippen molar-refractivity contribution in [1.29, 1.82) is 0 Å².